The SMILES string of the molecule is CCCCCCCCCCCCNC(=O)COC(OC(C)OC(C)=O)C(O)C(C)OC(C)=O. The van der Waals surface area contributed by atoms with Gasteiger partial charge in [-0.1, -0.05) is 64.7 Å². The van der Waals surface area contributed by atoms with Gasteiger partial charge in [0.25, 0.3) is 0 Å². The Morgan fingerprint density at radius 3 is 1.85 bits per heavy atom. The van der Waals surface area contributed by atoms with E-state index in [1.807, 2.05) is 0 Å². The van der Waals surface area contributed by atoms with Crippen LogP contribution in [0.1, 0.15) is 98.8 Å². The summed E-state index contributed by atoms with van der Waals surface area (Å²) in [6.45, 7) is 7.75. The van der Waals surface area contributed by atoms with Gasteiger partial charge in [0, 0.05) is 20.4 Å². The summed E-state index contributed by atoms with van der Waals surface area (Å²) < 4.78 is 20.6. The van der Waals surface area contributed by atoms with Gasteiger partial charge >= 0.3 is 11.9 Å². The summed E-state index contributed by atoms with van der Waals surface area (Å²) in [6, 6.07) is 0. The average Bonchev–Trinajstić information content (AvgIpc) is 2.73. The fourth-order valence-corrected chi connectivity index (χ4v) is 3.27. The minimum atomic E-state index is -1.39. The normalized spacial score (nSPS) is 14.7. The second-order valence-corrected chi connectivity index (χ2v) is 8.33. The second-order valence-electron chi connectivity index (χ2n) is 8.33. The van der Waals surface area contributed by atoms with Crippen molar-refractivity contribution in [1.82, 2.24) is 5.32 Å². The van der Waals surface area contributed by atoms with Crippen molar-refractivity contribution in [2.45, 2.75) is 124 Å². The highest BCUT2D eigenvalue weighted by molar-refractivity contribution is 5.77. The molecule has 1 amide bonds. The molecule has 0 spiro atoms. The first-order valence-electron chi connectivity index (χ1n) is 12.2. The Morgan fingerprint density at radius 2 is 1.33 bits per heavy atom. The maximum absolute atomic E-state index is 12.1. The minimum absolute atomic E-state index is 0.355. The molecule has 0 aromatic heterocycles. The van der Waals surface area contributed by atoms with Gasteiger partial charge in [0.05, 0.1) is 0 Å². The van der Waals surface area contributed by atoms with E-state index in [1.54, 1.807) is 0 Å². The first-order valence-corrected chi connectivity index (χ1v) is 12.2. The van der Waals surface area contributed by atoms with Gasteiger partial charge in [-0.05, 0) is 20.3 Å². The number of aliphatic hydroxyl groups excluding tert-OH is 1. The number of carbonyl (C=O) groups is 3. The van der Waals surface area contributed by atoms with Crippen LogP contribution in [0.5, 0.6) is 0 Å². The number of aliphatic hydroxyl groups is 1. The summed E-state index contributed by atoms with van der Waals surface area (Å²) in [7, 11) is 0. The van der Waals surface area contributed by atoms with Crippen molar-refractivity contribution in [2.75, 3.05) is 13.2 Å². The van der Waals surface area contributed by atoms with Crippen molar-refractivity contribution in [3.63, 3.8) is 0 Å². The lowest BCUT2D eigenvalue weighted by molar-refractivity contribution is -0.270. The molecule has 0 heterocycles. The maximum atomic E-state index is 12.1. The summed E-state index contributed by atoms with van der Waals surface area (Å²) in [5, 5.41) is 13.2. The van der Waals surface area contributed by atoms with E-state index in [0.29, 0.717) is 6.54 Å². The van der Waals surface area contributed by atoms with Crippen LogP contribution in [-0.4, -0.2) is 60.9 Å². The smallest absolute Gasteiger partial charge is 0.304 e. The van der Waals surface area contributed by atoms with Crippen molar-refractivity contribution in [3.8, 4) is 0 Å². The number of rotatable bonds is 20. The van der Waals surface area contributed by atoms with Crippen molar-refractivity contribution < 1.29 is 38.4 Å². The van der Waals surface area contributed by atoms with Crippen molar-refractivity contribution >= 4 is 17.8 Å². The Labute approximate surface area is 198 Å². The molecule has 0 aliphatic rings. The third-order valence-corrected chi connectivity index (χ3v) is 5.00. The molecule has 0 aliphatic heterocycles. The number of nitrogens with one attached hydrogen (secondary N) is 1. The third kappa shape index (κ3) is 18.4. The zero-order valence-electron chi connectivity index (χ0n) is 21.1. The first kappa shape index (κ1) is 31.3. The van der Waals surface area contributed by atoms with Crippen molar-refractivity contribution in [2.24, 2.45) is 0 Å². The van der Waals surface area contributed by atoms with Gasteiger partial charge in [0.1, 0.15) is 18.8 Å². The molecule has 0 radical (unpaired) electrons. The van der Waals surface area contributed by atoms with Crippen LogP contribution in [0.4, 0.5) is 0 Å². The lowest BCUT2D eigenvalue weighted by atomic mass is 10.1. The van der Waals surface area contributed by atoms with Gasteiger partial charge in [0.15, 0.2) is 6.29 Å². The van der Waals surface area contributed by atoms with E-state index in [1.165, 1.54) is 72.6 Å². The molecule has 4 atom stereocenters. The lowest BCUT2D eigenvalue weighted by Gasteiger charge is -2.29. The van der Waals surface area contributed by atoms with Gasteiger partial charge in [-0.15, -0.1) is 0 Å². The highest BCUT2D eigenvalue weighted by atomic mass is 16.8. The Hall–Kier alpha value is -1.71. The van der Waals surface area contributed by atoms with Crippen LogP contribution < -0.4 is 5.32 Å². The summed E-state index contributed by atoms with van der Waals surface area (Å²) >= 11 is 0. The molecule has 33 heavy (non-hydrogen) atoms. The number of esters is 2. The summed E-state index contributed by atoms with van der Waals surface area (Å²) in [4.78, 5) is 34.3. The van der Waals surface area contributed by atoms with E-state index in [-0.39, 0.29) is 12.5 Å². The molecule has 4 unspecified atom stereocenters. The van der Waals surface area contributed by atoms with Crippen LogP contribution in [0.25, 0.3) is 0 Å². The molecule has 0 bridgehead atoms. The average molecular weight is 476 g/mol. The van der Waals surface area contributed by atoms with E-state index in [9.17, 15) is 19.5 Å². The molecule has 0 rings (SSSR count). The summed E-state index contributed by atoms with van der Waals surface area (Å²) in [6.07, 6.45) is 7.44. The van der Waals surface area contributed by atoms with Crippen molar-refractivity contribution in [1.29, 1.82) is 0 Å². The van der Waals surface area contributed by atoms with Crippen molar-refractivity contribution in [3.05, 3.63) is 0 Å². The number of unbranched alkanes of at least 4 members (excludes halogenated alkanes) is 9. The number of ether oxygens (including phenoxy) is 4. The topological polar surface area (TPSA) is 120 Å². The molecule has 0 aromatic rings. The highest BCUT2D eigenvalue weighted by Gasteiger charge is 2.31. The van der Waals surface area contributed by atoms with E-state index in [0.717, 1.165) is 19.3 Å². The molecular weight excluding hydrogens is 430 g/mol. The Bertz CT molecular complexity index is 543. The third-order valence-electron chi connectivity index (χ3n) is 5.00. The molecule has 194 valence electrons. The van der Waals surface area contributed by atoms with Gasteiger partial charge in [-0.25, -0.2) is 0 Å². The zero-order chi connectivity index (χ0) is 25.1. The van der Waals surface area contributed by atoms with Crippen LogP contribution >= 0.6 is 0 Å². The van der Waals surface area contributed by atoms with Gasteiger partial charge < -0.3 is 29.4 Å². The predicted octanol–water partition coefficient (Wildman–Crippen LogP) is 3.60. The van der Waals surface area contributed by atoms with E-state index in [4.69, 9.17) is 18.9 Å². The molecule has 0 fully saturated rings. The Kier molecular flexibility index (Phi) is 18.7. The fourth-order valence-electron chi connectivity index (χ4n) is 3.27. The molecular formula is C24H45NO8. The zero-order valence-corrected chi connectivity index (χ0v) is 21.1. The largest absolute Gasteiger partial charge is 0.460 e. The molecule has 0 saturated heterocycles. The number of hydrogen-bond acceptors (Lipinski definition) is 8. The van der Waals surface area contributed by atoms with Crippen LogP contribution in [0.3, 0.4) is 0 Å². The highest BCUT2D eigenvalue weighted by Crippen LogP contribution is 2.13. The quantitative estimate of drug-likeness (QED) is 0.156. The molecule has 9 nitrogen and oxygen atoms in total. The standard InChI is InChI=1S/C24H45NO8/c1-6-7-8-9-10-11-12-13-14-15-16-25-22(28)17-30-24(33-21(5)32-20(4)27)23(29)18(2)31-19(3)26/h18,21,23-24,29H,6-17H2,1-5H3,(H,25,28). The van der Waals surface area contributed by atoms with E-state index >= 15 is 0 Å². The first-order chi connectivity index (χ1) is 15.7. The van der Waals surface area contributed by atoms with Gasteiger partial charge in [-0.2, -0.15) is 0 Å². The van der Waals surface area contributed by atoms with Crippen LogP contribution in [0.2, 0.25) is 0 Å². The molecule has 0 aliphatic carbocycles. The predicted molar refractivity (Wildman–Crippen MR) is 124 cm³/mol. The molecule has 0 aromatic carbocycles. The number of carbonyl (C=O) groups excluding carboxylic acids is 3. The minimum Gasteiger partial charge on any atom is -0.460 e. The van der Waals surface area contributed by atoms with Crippen LogP contribution in [0.15, 0.2) is 0 Å². The Balaban J connectivity index is 4.22. The monoisotopic (exact) mass is 475 g/mol. The van der Waals surface area contributed by atoms with Gasteiger partial charge in [0.2, 0.25) is 12.2 Å². The fraction of sp³-hybridized carbons (Fsp3) is 0.875. The number of hydrogen-bond donors (Lipinski definition) is 2. The maximum Gasteiger partial charge on any atom is 0.304 e. The Morgan fingerprint density at radius 1 is 0.818 bits per heavy atom. The van der Waals surface area contributed by atoms with E-state index in [2.05, 4.69) is 12.2 Å². The second kappa shape index (κ2) is 19.7. The molecule has 2 N–H and O–H groups in total. The summed E-state index contributed by atoms with van der Waals surface area (Å²) in [5.41, 5.74) is 0. The van der Waals surface area contributed by atoms with Crippen LogP contribution in [-0.2, 0) is 33.3 Å². The number of amides is 1. The molecule has 0 saturated carbocycles. The molecule has 9 heteroatoms. The van der Waals surface area contributed by atoms with Crippen LogP contribution in [0, 0.1) is 0 Å². The lowest BCUT2D eigenvalue weighted by Crippen LogP contribution is -2.45. The summed E-state index contributed by atoms with van der Waals surface area (Å²) in [5.74, 6) is -1.51. The van der Waals surface area contributed by atoms with E-state index < -0.39 is 36.7 Å². The van der Waals surface area contributed by atoms with Gasteiger partial charge in [-0.3, -0.25) is 14.4 Å².